The fourth-order valence-corrected chi connectivity index (χ4v) is 5.10. The number of aliphatic carboxylic acids is 2. The number of hydrogen-bond acceptors (Lipinski definition) is 4. The number of carbonyl (C=O) groups is 2. The summed E-state index contributed by atoms with van der Waals surface area (Å²) in [6.07, 6.45) is 0.647. The van der Waals surface area contributed by atoms with Crippen LogP contribution in [0.3, 0.4) is 0 Å². The number of nitrogens with one attached hydrogen (secondary N) is 2. The number of nitrogens with zero attached hydrogens (tertiary/aromatic N) is 2. The predicted molar refractivity (Wildman–Crippen MR) is 155 cm³/mol. The molecule has 5 heterocycles. The summed E-state index contributed by atoms with van der Waals surface area (Å²) < 4.78 is 0. The van der Waals surface area contributed by atoms with Crippen molar-refractivity contribution in [1.29, 1.82) is 0 Å². The zero-order chi connectivity index (χ0) is 27.1. The molecule has 0 unspecified atom stereocenters. The number of carboxylic acid groups (broad SMARTS) is 2. The van der Waals surface area contributed by atoms with Crippen molar-refractivity contribution in [3.63, 3.8) is 0 Å². The van der Waals surface area contributed by atoms with Gasteiger partial charge in [-0.2, -0.15) is 0 Å². The van der Waals surface area contributed by atoms with Crippen molar-refractivity contribution in [2.75, 3.05) is 0 Å². The summed E-state index contributed by atoms with van der Waals surface area (Å²) in [6, 6.07) is 12.1. The number of carboxylic acids is 2. The zero-order valence-corrected chi connectivity index (χ0v) is 23.6. The van der Waals surface area contributed by atoms with E-state index in [2.05, 4.69) is 35.1 Å². The standard InChI is InChI=1S/C30H30N4O4.Al/c1-15-9-20-12-25-17(3)21(5-7-29(35)36)27(33-25)14-28-22(6-8-30(37)38)18(4)26(34-28)13-24-16(2)10-19(32-24)11-23(15)31-20;/h9-14,31-32H,5-8H2,1-4H3,(H,35,36)(H,37,38);. The lowest BCUT2D eigenvalue weighted by atomic mass is 9.98. The lowest BCUT2D eigenvalue weighted by Crippen LogP contribution is -1.97. The van der Waals surface area contributed by atoms with Gasteiger partial charge in [0.2, 0.25) is 0 Å². The van der Waals surface area contributed by atoms with E-state index in [0.717, 1.165) is 66.9 Å². The van der Waals surface area contributed by atoms with E-state index in [1.54, 1.807) is 0 Å². The van der Waals surface area contributed by atoms with Gasteiger partial charge in [-0.1, -0.05) is 0 Å². The number of aryl methyl sites for hydroxylation is 2. The average molecular weight is 538 g/mol. The van der Waals surface area contributed by atoms with Crippen molar-refractivity contribution in [2.24, 2.45) is 0 Å². The van der Waals surface area contributed by atoms with E-state index < -0.39 is 11.9 Å². The van der Waals surface area contributed by atoms with Crippen LogP contribution in [0.15, 0.2) is 36.4 Å². The Labute approximate surface area is 236 Å². The van der Waals surface area contributed by atoms with Crippen LogP contribution in [-0.4, -0.2) is 59.4 Å². The third-order valence-corrected chi connectivity index (χ3v) is 7.25. The fraction of sp³-hybridized carbons (Fsp3) is 0.267. The SMILES string of the molecule is CC1=C(CCC(=O)O)c2cc3nc(cc4[nH]c(cc4C)cc4[nH]c(cc1n2)cc4C)C(C)=C3CCC(=O)O.[Al]. The molecule has 0 saturated carbocycles. The molecule has 0 saturated heterocycles. The molecule has 2 aliphatic rings. The summed E-state index contributed by atoms with van der Waals surface area (Å²) in [6.45, 7) is 8.01. The first kappa shape index (κ1) is 28.1. The molecule has 0 fully saturated rings. The van der Waals surface area contributed by atoms with Crippen molar-refractivity contribution in [1.82, 2.24) is 19.9 Å². The smallest absolute Gasteiger partial charge is 0.303 e. The number of rotatable bonds is 6. The first-order chi connectivity index (χ1) is 18.1. The van der Waals surface area contributed by atoms with Gasteiger partial charge in [-0.05, 0) is 110 Å². The molecule has 0 atom stereocenters. The summed E-state index contributed by atoms with van der Waals surface area (Å²) in [4.78, 5) is 39.6. The van der Waals surface area contributed by atoms with Gasteiger partial charge in [0.05, 0.1) is 22.8 Å². The average Bonchev–Trinajstić information content (AvgIpc) is 3.53. The third kappa shape index (κ3) is 5.75. The van der Waals surface area contributed by atoms with Crippen molar-refractivity contribution in [3.8, 4) is 0 Å². The molecule has 8 nitrogen and oxygen atoms in total. The van der Waals surface area contributed by atoms with Gasteiger partial charge in [0.25, 0.3) is 0 Å². The van der Waals surface area contributed by atoms with Crippen LogP contribution in [0.5, 0.6) is 0 Å². The molecule has 8 bridgehead atoms. The lowest BCUT2D eigenvalue weighted by molar-refractivity contribution is -0.137. The topological polar surface area (TPSA) is 132 Å². The maximum Gasteiger partial charge on any atom is 0.303 e. The molecule has 3 radical (unpaired) electrons. The largest absolute Gasteiger partial charge is 0.481 e. The molecule has 3 aromatic heterocycles. The Hall–Kier alpha value is -3.93. The minimum absolute atomic E-state index is 0. The van der Waals surface area contributed by atoms with Crippen LogP contribution in [0.1, 0.15) is 73.4 Å². The van der Waals surface area contributed by atoms with Crippen LogP contribution < -0.4 is 0 Å². The van der Waals surface area contributed by atoms with Crippen molar-refractivity contribution >= 4 is 73.7 Å². The predicted octanol–water partition coefficient (Wildman–Crippen LogP) is 6.14. The van der Waals surface area contributed by atoms with Gasteiger partial charge < -0.3 is 20.2 Å². The van der Waals surface area contributed by atoms with E-state index in [4.69, 9.17) is 9.97 Å². The summed E-state index contributed by atoms with van der Waals surface area (Å²) in [5.41, 5.74) is 12.4. The molecule has 2 aliphatic heterocycles. The van der Waals surface area contributed by atoms with E-state index in [1.807, 2.05) is 39.0 Å². The number of allylic oxidation sites excluding steroid dienone is 4. The number of hydrogen-bond donors (Lipinski definition) is 4. The Morgan fingerprint density at radius 1 is 0.641 bits per heavy atom. The molecule has 0 spiro atoms. The van der Waals surface area contributed by atoms with Crippen LogP contribution in [0.25, 0.3) is 44.4 Å². The minimum atomic E-state index is -0.873. The van der Waals surface area contributed by atoms with Crippen molar-refractivity contribution < 1.29 is 19.8 Å². The molecule has 39 heavy (non-hydrogen) atoms. The van der Waals surface area contributed by atoms with Gasteiger partial charge in [-0.25, -0.2) is 9.97 Å². The molecule has 9 heteroatoms. The highest BCUT2D eigenvalue weighted by molar-refractivity contribution is 5.96. The van der Waals surface area contributed by atoms with Crippen LogP contribution in [0, 0.1) is 13.8 Å². The fourth-order valence-electron chi connectivity index (χ4n) is 5.10. The maximum atomic E-state index is 11.4. The highest BCUT2D eigenvalue weighted by Crippen LogP contribution is 2.37. The van der Waals surface area contributed by atoms with E-state index >= 15 is 0 Å². The van der Waals surface area contributed by atoms with Crippen molar-refractivity contribution in [2.45, 2.75) is 53.4 Å². The van der Waals surface area contributed by atoms with Gasteiger partial charge in [0.15, 0.2) is 0 Å². The molecular formula is C30H30AlN4O4. The molecular weight excluding hydrogens is 507 g/mol. The Morgan fingerprint density at radius 3 is 1.56 bits per heavy atom. The number of aromatic amines is 2. The van der Waals surface area contributed by atoms with Crippen LogP contribution >= 0.6 is 0 Å². The normalized spacial score (nSPS) is 13.0. The summed E-state index contributed by atoms with van der Waals surface area (Å²) in [5, 5.41) is 18.7. The Kier molecular flexibility index (Phi) is 7.96. The van der Waals surface area contributed by atoms with Gasteiger partial charge in [-0.3, -0.25) is 9.59 Å². The van der Waals surface area contributed by atoms with Gasteiger partial charge in [0, 0.05) is 52.3 Å². The minimum Gasteiger partial charge on any atom is -0.481 e. The van der Waals surface area contributed by atoms with E-state index in [-0.39, 0.29) is 30.2 Å². The number of fused-ring (bicyclic) bond motifs is 8. The van der Waals surface area contributed by atoms with E-state index in [1.165, 1.54) is 0 Å². The lowest BCUT2D eigenvalue weighted by Gasteiger charge is -2.05. The highest BCUT2D eigenvalue weighted by Gasteiger charge is 2.22. The van der Waals surface area contributed by atoms with E-state index in [0.29, 0.717) is 24.2 Å². The second-order valence-corrected chi connectivity index (χ2v) is 9.98. The van der Waals surface area contributed by atoms with Gasteiger partial charge in [0.1, 0.15) is 0 Å². The summed E-state index contributed by atoms with van der Waals surface area (Å²) in [5.74, 6) is -1.75. The Bertz CT molecular complexity index is 1730. The molecule has 0 amide bonds. The van der Waals surface area contributed by atoms with Crippen LogP contribution in [0.2, 0.25) is 0 Å². The molecule has 3 aromatic rings. The Morgan fingerprint density at radius 2 is 1.08 bits per heavy atom. The molecule has 197 valence electrons. The summed E-state index contributed by atoms with van der Waals surface area (Å²) >= 11 is 0. The second kappa shape index (κ2) is 11.1. The third-order valence-electron chi connectivity index (χ3n) is 7.25. The summed E-state index contributed by atoms with van der Waals surface area (Å²) in [7, 11) is 0. The second-order valence-electron chi connectivity index (χ2n) is 9.98. The molecule has 0 aromatic carbocycles. The number of H-pyrrole nitrogens is 2. The maximum absolute atomic E-state index is 11.4. The highest BCUT2D eigenvalue weighted by atomic mass is 27.0. The van der Waals surface area contributed by atoms with Crippen LogP contribution in [0.4, 0.5) is 0 Å². The van der Waals surface area contributed by atoms with E-state index in [9.17, 15) is 19.8 Å². The van der Waals surface area contributed by atoms with Crippen LogP contribution in [-0.2, 0) is 9.59 Å². The zero-order valence-electron chi connectivity index (χ0n) is 22.5. The first-order valence-electron chi connectivity index (χ1n) is 12.6. The molecule has 4 N–H and O–H groups in total. The quantitative estimate of drug-likeness (QED) is 0.279. The molecule has 0 aliphatic carbocycles. The van der Waals surface area contributed by atoms with Gasteiger partial charge in [-0.15, -0.1) is 0 Å². The monoisotopic (exact) mass is 537 g/mol. The van der Waals surface area contributed by atoms with Gasteiger partial charge >= 0.3 is 11.9 Å². The van der Waals surface area contributed by atoms with Crippen molar-refractivity contribution in [3.05, 3.63) is 70.3 Å². The molecule has 5 rings (SSSR count). The number of aromatic nitrogens is 4. The first-order valence-corrected chi connectivity index (χ1v) is 12.6. The Balaban J connectivity index is 0.00000353.